The van der Waals surface area contributed by atoms with E-state index in [0.717, 1.165) is 69.5 Å². The molecule has 0 N–H and O–H groups in total. The molecule has 0 saturated carbocycles. The average Bonchev–Trinajstić information content (AvgIpc) is 3.23. The number of halogens is 1. The van der Waals surface area contributed by atoms with Gasteiger partial charge in [0.2, 0.25) is 0 Å². The number of carbonyl (C=O) groups is 1. The van der Waals surface area contributed by atoms with E-state index >= 15 is 0 Å². The third-order valence-electron chi connectivity index (χ3n) is 5.29. The molecule has 6 nitrogen and oxygen atoms in total. The number of amides is 1. The third kappa shape index (κ3) is 3.71. The van der Waals surface area contributed by atoms with Crippen molar-refractivity contribution in [3.63, 3.8) is 0 Å². The van der Waals surface area contributed by atoms with Gasteiger partial charge in [-0.1, -0.05) is 0 Å². The molecule has 26 heavy (non-hydrogen) atoms. The van der Waals surface area contributed by atoms with Crippen LogP contribution in [0.4, 0.5) is 10.1 Å². The minimum absolute atomic E-state index is 0.00611. The van der Waals surface area contributed by atoms with Gasteiger partial charge in [-0.05, 0) is 37.1 Å². The fourth-order valence-corrected chi connectivity index (χ4v) is 4.26. The molecule has 4 rings (SSSR count). The van der Waals surface area contributed by atoms with Crippen LogP contribution in [-0.4, -0.2) is 69.8 Å². The Morgan fingerprint density at radius 1 is 1.12 bits per heavy atom. The van der Waals surface area contributed by atoms with Crippen LogP contribution in [0.3, 0.4) is 0 Å². The molecule has 2 aliphatic rings. The van der Waals surface area contributed by atoms with Crippen molar-refractivity contribution in [3.8, 4) is 0 Å². The number of hydrogen-bond donors (Lipinski definition) is 0. The summed E-state index contributed by atoms with van der Waals surface area (Å²) in [5.74, 6) is -0.205. The molecule has 8 heteroatoms. The summed E-state index contributed by atoms with van der Waals surface area (Å²) < 4.78 is 21.1. The highest BCUT2D eigenvalue weighted by Gasteiger charge is 2.31. The zero-order valence-electron chi connectivity index (χ0n) is 14.6. The van der Waals surface area contributed by atoms with Gasteiger partial charge in [0.1, 0.15) is 5.82 Å². The highest BCUT2D eigenvalue weighted by atomic mass is 32.1. The lowest BCUT2D eigenvalue weighted by atomic mass is 10.0. The second-order valence-electron chi connectivity index (χ2n) is 6.84. The molecule has 2 fully saturated rings. The molecule has 0 radical (unpaired) electrons. The van der Waals surface area contributed by atoms with E-state index in [9.17, 15) is 9.18 Å². The van der Waals surface area contributed by atoms with Crippen molar-refractivity contribution in [2.45, 2.75) is 18.9 Å². The molecule has 0 spiro atoms. The molecular weight excluding hydrogens is 353 g/mol. The second-order valence-corrected chi connectivity index (χ2v) is 7.40. The van der Waals surface area contributed by atoms with E-state index in [2.05, 4.69) is 18.5 Å². The summed E-state index contributed by atoms with van der Waals surface area (Å²) in [5, 5.41) is 0. The molecule has 0 bridgehead atoms. The van der Waals surface area contributed by atoms with Crippen LogP contribution in [0.1, 0.15) is 23.3 Å². The van der Waals surface area contributed by atoms with Crippen molar-refractivity contribution in [2.75, 3.05) is 44.2 Å². The topological polar surface area (TPSA) is 52.6 Å². The summed E-state index contributed by atoms with van der Waals surface area (Å²) in [6.45, 7) is 5.32. The first kappa shape index (κ1) is 17.4. The maximum Gasteiger partial charge on any atom is 0.275 e. The average molecular weight is 375 g/mol. The number of likely N-dealkylation sites (tertiary alicyclic amines) is 1. The standard InChI is InChI=1S/C18H22FN5OS/c19-14-3-5-15(6-4-14)22-8-10-23(11-9-22)16-2-1-7-24(13-16)18(25)17-12-20-26-21-17/h3-6,12,16H,1-2,7-11,13H2. The maximum atomic E-state index is 13.1. The number of rotatable bonds is 3. The highest BCUT2D eigenvalue weighted by Crippen LogP contribution is 2.22. The zero-order valence-corrected chi connectivity index (χ0v) is 15.4. The molecule has 3 heterocycles. The van der Waals surface area contributed by atoms with Crippen molar-refractivity contribution < 1.29 is 9.18 Å². The Morgan fingerprint density at radius 2 is 1.88 bits per heavy atom. The first-order valence-corrected chi connectivity index (χ1v) is 9.75. The highest BCUT2D eigenvalue weighted by molar-refractivity contribution is 6.99. The predicted octanol–water partition coefficient (Wildman–Crippen LogP) is 2.10. The normalized spacial score (nSPS) is 21.8. The van der Waals surface area contributed by atoms with Gasteiger partial charge in [0.25, 0.3) is 5.91 Å². The Bertz CT molecular complexity index is 731. The second kappa shape index (κ2) is 7.67. The van der Waals surface area contributed by atoms with Crippen LogP contribution in [0.15, 0.2) is 30.5 Å². The smallest absolute Gasteiger partial charge is 0.275 e. The minimum atomic E-state index is -0.199. The van der Waals surface area contributed by atoms with Gasteiger partial charge in [-0.25, -0.2) is 4.39 Å². The van der Waals surface area contributed by atoms with Gasteiger partial charge in [-0.2, -0.15) is 8.75 Å². The molecular formula is C18H22FN5OS. The molecule has 1 atom stereocenters. The monoisotopic (exact) mass is 375 g/mol. The van der Waals surface area contributed by atoms with Gasteiger partial charge in [0.15, 0.2) is 5.69 Å². The minimum Gasteiger partial charge on any atom is -0.369 e. The Kier molecular flexibility index (Phi) is 5.12. The van der Waals surface area contributed by atoms with Crippen LogP contribution in [0.2, 0.25) is 0 Å². The van der Waals surface area contributed by atoms with E-state index in [1.165, 1.54) is 12.1 Å². The molecule has 1 unspecified atom stereocenters. The van der Waals surface area contributed by atoms with Gasteiger partial charge in [0, 0.05) is 51.0 Å². The fraction of sp³-hybridized carbons (Fsp3) is 0.500. The van der Waals surface area contributed by atoms with Gasteiger partial charge >= 0.3 is 0 Å². The first-order chi connectivity index (χ1) is 12.7. The van der Waals surface area contributed by atoms with Crippen molar-refractivity contribution >= 4 is 23.3 Å². The van der Waals surface area contributed by atoms with E-state index in [1.807, 2.05) is 17.0 Å². The Morgan fingerprint density at radius 3 is 2.58 bits per heavy atom. The number of nitrogens with zero attached hydrogens (tertiary/aromatic N) is 5. The molecule has 138 valence electrons. The summed E-state index contributed by atoms with van der Waals surface area (Å²) in [7, 11) is 0. The predicted molar refractivity (Wildman–Crippen MR) is 99.0 cm³/mol. The number of benzene rings is 1. The summed E-state index contributed by atoms with van der Waals surface area (Å²) in [5.41, 5.74) is 1.53. The summed E-state index contributed by atoms with van der Waals surface area (Å²) in [6.07, 6.45) is 3.69. The van der Waals surface area contributed by atoms with Crippen molar-refractivity contribution in [1.29, 1.82) is 0 Å². The fourth-order valence-electron chi connectivity index (χ4n) is 3.86. The lowest BCUT2D eigenvalue weighted by molar-refractivity contribution is 0.0559. The number of carbonyl (C=O) groups excluding carboxylic acids is 1. The van der Waals surface area contributed by atoms with Crippen LogP contribution >= 0.6 is 11.7 Å². The molecule has 1 aromatic heterocycles. The summed E-state index contributed by atoms with van der Waals surface area (Å²) in [4.78, 5) is 19.2. The zero-order chi connectivity index (χ0) is 17.9. The first-order valence-electron chi connectivity index (χ1n) is 9.02. The van der Waals surface area contributed by atoms with Crippen LogP contribution in [0.5, 0.6) is 0 Å². The van der Waals surface area contributed by atoms with Gasteiger partial charge < -0.3 is 9.80 Å². The van der Waals surface area contributed by atoms with Crippen LogP contribution in [-0.2, 0) is 0 Å². The molecule has 2 aliphatic heterocycles. The van der Waals surface area contributed by atoms with E-state index in [-0.39, 0.29) is 11.7 Å². The number of anilines is 1. The molecule has 1 amide bonds. The summed E-state index contributed by atoms with van der Waals surface area (Å²) >= 11 is 1.07. The third-order valence-corrected chi connectivity index (χ3v) is 5.76. The van der Waals surface area contributed by atoms with Crippen LogP contribution in [0.25, 0.3) is 0 Å². The van der Waals surface area contributed by atoms with Gasteiger partial charge in [-0.3, -0.25) is 9.69 Å². The molecule has 1 aromatic carbocycles. The number of piperazine rings is 1. The van der Waals surface area contributed by atoms with E-state index < -0.39 is 0 Å². The lowest BCUT2D eigenvalue weighted by Crippen LogP contribution is -2.55. The number of piperidine rings is 1. The molecule has 2 saturated heterocycles. The van der Waals surface area contributed by atoms with Crippen molar-refractivity contribution in [2.24, 2.45) is 0 Å². The summed E-state index contributed by atoms with van der Waals surface area (Å²) in [6, 6.07) is 7.11. The maximum absolute atomic E-state index is 13.1. The molecule has 2 aromatic rings. The number of aromatic nitrogens is 2. The lowest BCUT2D eigenvalue weighted by Gasteiger charge is -2.43. The number of hydrogen-bond acceptors (Lipinski definition) is 6. The molecule has 0 aliphatic carbocycles. The van der Waals surface area contributed by atoms with Crippen molar-refractivity contribution in [1.82, 2.24) is 18.5 Å². The quantitative estimate of drug-likeness (QED) is 0.822. The van der Waals surface area contributed by atoms with Crippen LogP contribution < -0.4 is 4.90 Å². The van der Waals surface area contributed by atoms with Crippen LogP contribution in [0, 0.1) is 5.82 Å². The largest absolute Gasteiger partial charge is 0.369 e. The van der Waals surface area contributed by atoms with Crippen molar-refractivity contribution in [3.05, 3.63) is 42.0 Å². The SMILES string of the molecule is O=C(c1cnsn1)N1CCCC(N2CCN(c3ccc(F)cc3)CC2)C1. The Balaban J connectivity index is 1.34. The van der Waals surface area contributed by atoms with E-state index in [1.54, 1.807) is 6.20 Å². The van der Waals surface area contributed by atoms with Gasteiger partial charge in [0.05, 0.1) is 17.9 Å². The van der Waals surface area contributed by atoms with E-state index in [0.29, 0.717) is 11.7 Å². The van der Waals surface area contributed by atoms with E-state index in [4.69, 9.17) is 0 Å². The Hall–Kier alpha value is -2.06. The Labute approximate surface area is 156 Å². The van der Waals surface area contributed by atoms with Gasteiger partial charge in [-0.15, -0.1) is 0 Å².